The number of carbonyl (C=O) groups excluding carboxylic acids is 2. The van der Waals surface area contributed by atoms with E-state index in [4.69, 9.17) is 14.7 Å². The summed E-state index contributed by atoms with van der Waals surface area (Å²) in [6.07, 6.45) is 2.19. The summed E-state index contributed by atoms with van der Waals surface area (Å²) in [5, 5.41) is 8.94. The van der Waals surface area contributed by atoms with Gasteiger partial charge in [-0.1, -0.05) is 0 Å². The third kappa shape index (κ3) is 4.93. The largest absolute Gasteiger partial charge is 0.493 e. The van der Waals surface area contributed by atoms with Crippen molar-refractivity contribution in [3.63, 3.8) is 0 Å². The van der Waals surface area contributed by atoms with Crippen molar-refractivity contribution in [1.82, 2.24) is 14.7 Å². The molecule has 2 aliphatic heterocycles. The first-order valence-electron chi connectivity index (χ1n) is 9.59. The average molecular weight is 386 g/mol. The number of piperazine rings is 1. The number of hydrogen-bond donors (Lipinski definition) is 0. The molecular weight excluding hydrogens is 360 g/mol. The molecule has 2 amide bonds. The van der Waals surface area contributed by atoms with Crippen LogP contribution in [0.15, 0.2) is 18.2 Å². The van der Waals surface area contributed by atoms with Gasteiger partial charge in [0.25, 0.3) is 5.91 Å². The lowest BCUT2D eigenvalue weighted by Crippen LogP contribution is -2.52. The first-order chi connectivity index (χ1) is 13.6. The molecule has 0 saturated carbocycles. The van der Waals surface area contributed by atoms with E-state index in [9.17, 15) is 9.59 Å². The lowest BCUT2D eigenvalue weighted by molar-refractivity contribution is -0.136. The van der Waals surface area contributed by atoms with Gasteiger partial charge in [0.1, 0.15) is 0 Å². The van der Waals surface area contributed by atoms with Crippen molar-refractivity contribution < 1.29 is 19.1 Å². The standard InChI is InChI=1S/C20H26N4O4/c1-27-18-12-16(13-21)4-5-17(18)28-15-20(26)24-10-8-22(9-11-24)14-19(25)23-6-2-3-7-23/h4-5,12H,2-3,6-11,14-15H2,1H3. The second-order valence-electron chi connectivity index (χ2n) is 7.01. The molecular formula is C20H26N4O4. The smallest absolute Gasteiger partial charge is 0.260 e. The SMILES string of the molecule is COc1cc(C#N)ccc1OCC(=O)N1CCN(CC(=O)N2CCCC2)CC1. The quantitative estimate of drug-likeness (QED) is 0.716. The first kappa shape index (κ1) is 20.0. The summed E-state index contributed by atoms with van der Waals surface area (Å²) in [5.41, 5.74) is 0.468. The van der Waals surface area contributed by atoms with E-state index in [0.717, 1.165) is 25.9 Å². The Kier molecular flexibility index (Phi) is 6.71. The zero-order valence-electron chi connectivity index (χ0n) is 16.2. The number of carbonyl (C=O) groups is 2. The summed E-state index contributed by atoms with van der Waals surface area (Å²) in [6.45, 7) is 4.62. The van der Waals surface area contributed by atoms with Crippen LogP contribution in [0.4, 0.5) is 0 Å². The molecule has 1 aromatic rings. The zero-order valence-corrected chi connectivity index (χ0v) is 16.2. The first-order valence-corrected chi connectivity index (χ1v) is 9.59. The Bertz CT molecular complexity index is 747. The van der Waals surface area contributed by atoms with Crippen molar-refractivity contribution >= 4 is 11.8 Å². The molecule has 2 saturated heterocycles. The number of methoxy groups -OCH3 is 1. The molecule has 0 spiro atoms. The number of amides is 2. The van der Waals surface area contributed by atoms with Crippen molar-refractivity contribution in [3.8, 4) is 17.6 Å². The molecule has 0 atom stereocenters. The number of hydrogen-bond acceptors (Lipinski definition) is 6. The highest BCUT2D eigenvalue weighted by atomic mass is 16.5. The number of benzene rings is 1. The van der Waals surface area contributed by atoms with E-state index in [0.29, 0.717) is 49.8 Å². The molecule has 0 radical (unpaired) electrons. The molecule has 1 aromatic carbocycles. The van der Waals surface area contributed by atoms with Crippen LogP contribution in [0.25, 0.3) is 0 Å². The van der Waals surface area contributed by atoms with Crippen molar-refractivity contribution in [2.24, 2.45) is 0 Å². The Hall–Kier alpha value is -2.79. The Morgan fingerprint density at radius 1 is 1.00 bits per heavy atom. The van der Waals surface area contributed by atoms with Gasteiger partial charge >= 0.3 is 0 Å². The van der Waals surface area contributed by atoms with Crippen LogP contribution in [0.5, 0.6) is 11.5 Å². The number of ether oxygens (including phenoxy) is 2. The average Bonchev–Trinajstić information content (AvgIpc) is 3.27. The number of likely N-dealkylation sites (tertiary alicyclic amines) is 1. The van der Waals surface area contributed by atoms with Gasteiger partial charge in [-0.25, -0.2) is 0 Å². The summed E-state index contributed by atoms with van der Waals surface area (Å²) >= 11 is 0. The summed E-state index contributed by atoms with van der Waals surface area (Å²) < 4.78 is 10.8. The lowest BCUT2D eigenvalue weighted by atomic mass is 10.2. The summed E-state index contributed by atoms with van der Waals surface area (Å²) in [6, 6.07) is 6.87. The maximum Gasteiger partial charge on any atom is 0.260 e. The molecule has 0 unspecified atom stereocenters. The molecule has 0 bridgehead atoms. The summed E-state index contributed by atoms with van der Waals surface area (Å²) in [7, 11) is 1.49. The van der Waals surface area contributed by atoms with Gasteiger partial charge in [0.05, 0.1) is 25.3 Å². The molecule has 150 valence electrons. The van der Waals surface area contributed by atoms with Crippen LogP contribution in [0.3, 0.4) is 0 Å². The lowest BCUT2D eigenvalue weighted by Gasteiger charge is -2.35. The van der Waals surface area contributed by atoms with E-state index in [1.54, 1.807) is 23.1 Å². The minimum atomic E-state index is -0.100. The van der Waals surface area contributed by atoms with Gasteiger partial charge in [0.15, 0.2) is 18.1 Å². The van der Waals surface area contributed by atoms with Crippen LogP contribution in [0.1, 0.15) is 18.4 Å². The van der Waals surface area contributed by atoms with Crippen LogP contribution < -0.4 is 9.47 Å². The second kappa shape index (κ2) is 9.42. The molecule has 2 heterocycles. The molecule has 0 aromatic heterocycles. The highest BCUT2D eigenvalue weighted by molar-refractivity contribution is 5.79. The molecule has 8 nitrogen and oxygen atoms in total. The fourth-order valence-corrected chi connectivity index (χ4v) is 3.50. The van der Waals surface area contributed by atoms with Crippen LogP contribution >= 0.6 is 0 Å². The van der Waals surface area contributed by atoms with E-state index in [2.05, 4.69) is 4.90 Å². The van der Waals surface area contributed by atoms with Gasteiger partial charge in [0, 0.05) is 45.3 Å². The molecule has 3 rings (SSSR count). The monoisotopic (exact) mass is 386 g/mol. The third-order valence-electron chi connectivity index (χ3n) is 5.19. The fourth-order valence-electron chi connectivity index (χ4n) is 3.50. The molecule has 28 heavy (non-hydrogen) atoms. The summed E-state index contributed by atoms with van der Waals surface area (Å²) in [4.78, 5) is 30.5. The van der Waals surface area contributed by atoms with Gasteiger partial charge in [-0.05, 0) is 25.0 Å². The van der Waals surface area contributed by atoms with E-state index < -0.39 is 0 Å². The number of rotatable bonds is 6. The van der Waals surface area contributed by atoms with Crippen molar-refractivity contribution in [2.75, 3.05) is 59.5 Å². The van der Waals surface area contributed by atoms with Crippen LogP contribution in [0.2, 0.25) is 0 Å². The van der Waals surface area contributed by atoms with Crippen molar-refractivity contribution in [2.45, 2.75) is 12.8 Å². The highest BCUT2D eigenvalue weighted by Crippen LogP contribution is 2.27. The molecule has 2 fully saturated rings. The van der Waals surface area contributed by atoms with E-state index in [1.807, 2.05) is 11.0 Å². The minimum absolute atomic E-state index is 0.0883. The fraction of sp³-hybridized carbons (Fsp3) is 0.550. The van der Waals surface area contributed by atoms with Crippen LogP contribution in [0, 0.1) is 11.3 Å². The Balaban J connectivity index is 1.44. The number of nitriles is 1. The molecule has 0 N–H and O–H groups in total. The van der Waals surface area contributed by atoms with E-state index >= 15 is 0 Å². The Morgan fingerprint density at radius 3 is 2.32 bits per heavy atom. The molecule has 0 aliphatic carbocycles. The third-order valence-corrected chi connectivity index (χ3v) is 5.19. The predicted molar refractivity (Wildman–Crippen MR) is 102 cm³/mol. The van der Waals surface area contributed by atoms with Gasteiger partial charge in [-0.3, -0.25) is 14.5 Å². The summed E-state index contributed by atoms with van der Waals surface area (Å²) in [5.74, 6) is 0.951. The second-order valence-corrected chi connectivity index (χ2v) is 7.01. The molecule has 2 aliphatic rings. The topological polar surface area (TPSA) is 86.1 Å². The van der Waals surface area contributed by atoms with Gasteiger partial charge in [0.2, 0.25) is 5.91 Å². The van der Waals surface area contributed by atoms with Crippen LogP contribution in [-0.2, 0) is 9.59 Å². The Labute approximate surface area is 165 Å². The van der Waals surface area contributed by atoms with Crippen molar-refractivity contribution in [3.05, 3.63) is 23.8 Å². The van der Waals surface area contributed by atoms with Gasteiger partial charge in [-0.2, -0.15) is 5.26 Å². The van der Waals surface area contributed by atoms with Gasteiger partial charge in [-0.15, -0.1) is 0 Å². The maximum atomic E-state index is 12.4. The van der Waals surface area contributed by atoms with Crippen LogP contribution in [-0.4, -0.2) is 86.0 Å². The predicted octanol–water partition coefficient (Wildman–Crippen LogP) is 0.712. The maximum absolute atomic E-state index is 12.4. The Morgan fingerprint density at radius 2 is 1.68 bits per heavy atom. The van der Waals surface area contributed by atoms with E-state index in [1.165, 1.54) is 7.11 Å². The zero-order chi connectivity index (χ0) is 19.9. The van der Waals surface area contributed by atoms with E-state index in [-0.39, 0.29) is 18.4 Å². The minimum Gasteiger partial charge on any atom is -0.493 e. The normalized spacial score (nSPS) is 17.3. The molecule has 8 heteroatoms. The van der Waals surface area contributed by atoms with Crippen molar-refractivity contribution in [1.29, 1.82) is 5.26 Å². The van der Waals surface area contributed by atoms with Gasteiger partial charge < -0.3 is 19.3 Å². The highest BCUT2D eigenvalue weighted by Gasteiger charge is 2.25. The number of nitrogens with zero attached hydrogens (tertiary/aromatic N) is 4.